The molecule has 2 atom stereocenters. The maximum Gasteiger partial charge on any atom is 0.241 e. The first kappa shape index (κ1) is 24.7. The number of ether oxygens (including phenoxy) is 1. The number of amides is 2. The molecule has 178 valence electrons. The number of hydrogen-bond acceptors (Lipinski definition) is 5. The molecule has 33 heavy (non-hydrogen) atoms. The van der Waals surface area contributed by atoms with Gasteiger partial charge in [0.05, 0.1) is 17.9 Å². The monoisotopic (exact) mass is 473 g/mol. The number of carbonyl (C=O) groups is 2. The van der Waals surface area contributed by atoms with Crippen molar-refractivity contribution in [2.45, 2.75) is 37.6 Å². The van der Waals surface area contributed by atoms with Crippen LogP contribution in [0.25, 0.3) is 0 Å². The van der Waals surface area contributed by atoms with Crippen LogP contribution in [0.5, 0.6) is 5.75 Å². The summed E-state index contributed by atoms with van der Waals surface area (Å²) in [5.74, 6) is -0.547. The van der Waals surface area contributed by atoms with E-state index in [4.69, 9.17) is 4.74 Å². The summed E-state index contributed by atoms with van der Waals surface area (Å²) in [6.45, 7) is 4.33. The predicted octanol–water partition coefficient (Wildman–Crippen LogP) is 2.88. The summed E-state index contributed by atoms with van der Waals surface area (Å²) < 4.78 is 33.5. The van der Waals surface area contributed by atoms with Gasteiger partial charge in [0.1, 0.15) is 11.8 Å². The first-order chi connectivity index (χ1) is 15.7. The summed E-state index contributed by atoms with van der Waals surface area (Å²) in [6, 6.07) is 14.2. The van der Waals surface area contributed by atoms with E-state index in [1.165, 1.54) is 19.2 Å². The third kappa shape index (κ3) is 6.33. The maximum atomic E-state index is 13.3. The van der Waals surface area contributed by atoms with Crippen molar-refractivity contribution in [2.24, 2.45) is 11.8 Å². The van der Waals surface area contributed by atoms with Crippen LogP contribution in [0.1, 0.15) is 26.7 Å². The molecule has 1 aliphatic heterocycles. The van der Waals surface area contributed by atoms with E-state index >= 15 is 0 Å². The molecule has 9 heteroatoms. The van der Waals surface area contributed by atoms with E-state index in [-0.39, 0.29) is 35.1 Å². The molecule has 0 aromatic heterocycles. The lowest BCUT2D eigenvalue weighted by Gasteiger charge is -2.35. The summed E-state index contributed by atoms with van der Waals surface area (Å²) in [7, 11) is -2.41. The van der Waals surface area contributed by atoms with Crippen LogP contribution in [-0.4, -0.2) is 51.4 Å². The number of nitrogens with one attached hydrogen (secondary N) is 2. The van der Waals surface area contributed by atoms with E-state index in [2.05, 4.69) is 10.0 Å². The summed E-state index contributed by atoms with van der Waals surface area (Å²) >= 11 is 0. The van der Waals surface area contributed by atoms with Crippen molar-refractivity contribution in [2.75, 3.05) is 25.5 Å². The molecule has 8 nitrogen and oxygen atoms in total. The Morgan fingerprint density at radius 1 is 1.06 bits per heavy atom. The van der Waals surface area contributed by atoms with E-state index < -0.39 is 16.1 Å². The molecule has 0 bridgehead atoms. The number of anilines is 1. The van der Waals surface area contributed by atoms with Crippen molar-refractivity contribution in [1.29, 1.82) is 0 Å². The van der Waals surface area contributed by atoms with Crippen LogP contribution >= 0.6 is 0 Å². The van der Waals surface area contributed by atoms with Crippen LogP contribution in [0, 0.1) is 11.8 Å². The van der Waals surface area contributed by atoms with Gasteiger partial charge in [0.25, 0.3) is 0 Å². The summed E-state index contributed by atoms with van der Waals surface area (Å²) in [6.07, 6.45) is 1.35. The number of para-hydroxylation sites is 1. The lowest BCUT2D eigenvalue weighted by molar-refractivity contribution is -0.137. The zero-order chi connectivity index (χ0) is 24.0. The second-order valence-corrected chi connectivity index (χ2v) is 10.2. The highest BCUT2D eigenvalue weighted by Gasteiger charge is 2.35. The lowest BCUT2D eigenvalue weighted by Crippen LogP contribution is -2.54. The van der Waals surface area contributed by atoms with Gasteiger partial charge in [0.15, 0.2) is 0 Å². The summed E-state index contributed by atoms with van der Waals surface area (Å²) in [5.41, 5.74) is 0.707. The molecule has 2 amide bonds. The summed E-state index contributed by atoms with van der Waals surface area (Å²) in [5, 5.41) is 2.89. The van der Waals surface area contributed by atoms with Gasteiger partial charge in [-0.2, -0.15) is 4.72 Å². The number of methoxy groups -OCH3 is 1. The number of piperidine rings is 1. The Bertz CT molecular complexity index is 1060. The highest BCUT2D eigenvalue weighted by Crippen LogP contribution is 2.22. The highest BCUT2D eigenvalue weighted by molar-refractivity contribution is 7.89. The van der Waals surface area contributed by atoms with Crippen molar-refractivity contribution in [3.8, 4) is 5.75 Å². The zero-order valence-electron chi connectivity index (χ0n) is 19.2. The van der Waals surface area contributed by atoms with Crippen molar-refractivity contribution in [3.05, 3.63) is 54.6 Å². The highest BCUT2D eigenvalue weighted by atomic mass is 32.2. The largest absolute Gasteiger partial charge is 0.497 e. The minimum absolute atomic E-state index is 0.0560. The molecule has 0 unspecified atom stereocenters. The maximum absolute atomic E-state index is 13.3. The standard InChI is InChI=1S/C24H31N3O5S/c1-17(2)22(26-33(30,31)21-13-11-20(32-3)12-14-21)24(29)27-15-7-8-18(16-27)23(28)25-19-9-5-4-6-10-19/h4-6,9-14,17-18,22,26H,7-8,15-16H2,1-3H3,(H,25,28)/t18-,22-/m0/s1. The van der Waals surface area contributed by atoms with Gasteiger partial charge in [-0.25, -0.2) is 8.42 Å². The average Bonchev–Trinajstić information content (AvgIpc) is 2.82. The second kappa shape index (κ2) is 10.8. The predicted molar refractivity (Wildman–Crippen MR) is 126 cm³/mol. The van der Waals surface area contributed by atoms with Gasteiger partial charge in [-0.05, 0) is 55.2 Å². The first-order valence-electron chi connectivity index (χ1n) is 11.0. The van der Waals surface area contributed by atoms with Crippen LogP contribution in [-0.2, 0) is 19.6 Å². The van der Waals surface area contributed by atoms with E-state index in [9.17, 15) is 18.0 Å². The fourth-order valence-electron chi connectivity index (χ4n) is 3.82. The van der Waals surface area contributed by atoms with Crippen LogP contribution < -0.4 is 14.8 Å². The minimum atomic E-state index is -3.92. The van der Waals surface area contributed by atoms with Gasteiger partial charge in [-0.3, -0.25) is 9.59 Å². The van der Waals surface area contributed by atoms with Gasteiger partial charge in [0.2, 0.25) is 21.8 Å². The molecule has 0 spiro atoms. The van der Waals surface area contributed by atoms with Gasteiger partial charge in [-0.15, -0.1) is 0 Å². The molecule has 3 rings (SSSR count). The fourth-order valence-corrected chi connectivity index (χ4v) is 5.15. The molecular formula is C24H31N3O5S. The molecule has 1 aliphatic rings. The van der Waals surface area contributed by atoms with Crippen molar-refractivity contribution < 1.29 is 22.7 Å². The Morgan fingerprint density at radius 2 is 1.73 bits per heavy atom. The van der Waals surface area contributed by atoms with Crippen LogP contribution in [0.2, 0.25) is 0 Å². The molecule has 1 heterocycles. The van der Waals surface area contributed by atoms with Gasteiger partial charge in [-0.1, -0.05) is 32.0 Å². The molecule has 0 aliphatic carbocycles. The number of benzene rings is 2. The van der Waals surface area contributed by atoms with Crippen molar-refractivity contribution >= 4 is 27.5 Å². The topological polar surface area (TPSA) is 105 Å². The molecule has 2 aromatic rings. The number of sulfonamides is 1. The Balaban J connectivity index is 1.69. The van der Waals surface area contributed by atoms with Crippen LogP contribution in [0.3, 0.4) is 0 Å². The minimum Gasteiger partial charge on any atom is -0.497 e. The van der Waals surface area contributed by atoms with Crippen molar-refractivity contribution in [3.63, 3.8) is 0 Å². The third-order valence-electron chi connectivity index (χ3n) is 5.73. The average molecular weight is 474 g/mol. The lowest BCUT2D eigenvalue weighted by atomic mass is 9.95. The SMILES string of the molecule is COc1ccc(S(=O)(=O)N[C@H](C(=O)N2CCC[C@H](C(=O)Nc3ccccc3)C2)C(C)C)cc1. The van der Waals surface area contributed by atoms with Crippen molar-refractivity contribution in [1.82, 2.24) is 9.62 Å². The molecular weight excluding hydrogens is 442 g/mol. The van der Waals surface area contributed by atoms with Crippen LogP contribution in [0.4, 0.5) is 5.69 Å². The first-order valence-corrected chi connectivity index (χ1v) is 12.5. The Kier molecular flexibility index (Phi) is 8.10. The smallest absolute Gasteiger partial charge is 0.241 e. The third-order valence-corrected chi connectivity index (χ3v) is 7.19. The number of nitrogens with zero attached hydrogens (tertiary/aromatic N) is 1. The number of likely N-dealkylation sites (tertiary alicyclic amines) is 1. The number of rotatable bonds is 8. The van der Waals surface area contributed by atoms with Gasteiger partial charge in [0, 0.05) is 18.8 Å². The number of carbonyl (C=O) groups excluding carboxylic acids is 2. The van der Waals surface area contributed by atoms with E-state index in [1.807, 2.05) is 30.3 Å². The zero-order valence-corrected chi connectivity index (χ0v) is 20.0. The molecule has 1 fully saturated rings. The molecule has 0 radical (unpaired) electrons. The quantitative estimate of drug-likeness (QED) is 0.613. The van der Waals surface area contributed by atoms with E-state index in [0.29, 0.717) is 30.8 Å². The van der Waals surface area contributed by atoms with Crippen LogP contribution in [0.15, 0.2) is 59.5 Å². The molecule has 2 aromatic carbocycles. The Morgan fingerprint density at radius 3 is 2.33 bits per heavy atom. The van der Waals surface area contributed by atoms with Gasteiger partial charge < -0.3 is 15.0 Å². The fraction of sp³-hybridized carbons (Fsp3) is 0.417. The number of hydrogen-bond donors (Lipinski definition) is 2. The Hall–Kier alpha value is -2.91. The van der Waals surface area contributed by atoms with E-state index in [0.717, 1.165) is 0 Å². The molecule has 2 N–H and O–H groups in total. The Labute approximate surface area is 195 Å². The second-order valence-electron chi connectivity index (χ2n) is 8.50. The molecule has 0 saturated carbocycles. The molecule has 1 saturated heterocycles. The van der Waals surface area contributed by atoms with E-state index in [1.54, 1.807) is 30.9 Å². The van der Waals surface area contributed by atoms with Gasteiger partial charge >= 0.3 is 0 Å². The summed E-state index contributed by atoms with van der Waals surface area (Å²) in [4.78, 5) is 27.7. The normalized spacial score (nSPS) is 17.5.